The molecule has 0 spiro atoms. The summed E-state index contributed by atoms with van der Waals surface area (Å²) in [5, 5.41) is 0. The minimum absolute atomic E-state index is 0.0711. The molecule has 2 heterocycles. The van der Waals surface area contributed by atoms with E-state index in [0.717, 1.165) is 25.9 Å². The average Bonchev–Trinajstić information content (AvgIpc) is 2.77. The van der Waals surface area contributed by atoms with E-state index in [-0.39, 0.29) is 12.0 Å². The maximum absolute atomic E-state index is 11.5. The second-order valence-electron chi connectivity index (χ2n) is 4.01. The van der Waals surface area contributed by atoms with Crippen molar-refractivity contribution in [1.29, 1.82) is 0 Å². The van der Waals surface area contributed by atoms with Crippen molar-refractivity contribution in [2.24, 2.45) is 0 Å². The Kier molecular flexibility index (Phi) is 3.51. The van der Waals surface area contributed by atoms with Gasteiger partial charge in [0.1, 0.15) is 6.04 Å². The molecule has 1 fully saturated rings. The molecule has 2 rings (SSSR count). The number of methoxy groups -OCH3 is 1. The van der Waals surface area contributed by atoms with E-state index in [1.807, 2.05) is 12.1 Å². The van der Waals surface area contributed by atoms with Crippen LogP contribution in [0.2, 0.25) is 0 Å². The summed E-state index contributed by atoms with van der Waals surface area (Å²) in [5.74, 6) is -0.119. The lowest BCUT2D eigenvalue weighted by Gasteiger charge is -2.22. The zero-order valence-electron chi connectivity index (χ0n) is 9.43. The number of likely N-dealkylation sites (tertiary alicyclic amines) is 1. The quantitative estimate of drug-likeness (QED) is 0.718. The summed E-state index contributed by atoms with van der Waals surface area (Å²) in [5.41, 5.74) is 1.19. The van der Waals surface area contributed by atoms with Gasteiger partial charge >= 0.3 is 5.97 Å². The molecule has 0 unspecified atom stereocenters. The lowest BCUT2D eigenvalue weighted by molar-refractivity contribution is -0.146. The highest BCUT2D eigenvalue weighted by molar-refractivity contribution is 5.75. The summed E-state index contributed by atoms with van der Waals surface area (Å²) in [6.07, 6.45) is 5.51. The Labute approximate surface area is 95.2 Å². The van der Waals surface area contributed by atoms with Gasteiger partial charge in [-0.25, -0.2) is 0 Å². The van der Waals surface area contributed by atoms with E-state index in [9.17, 15) is 4.79 Å². The SMILES string of the molecule is COC(=O)[C@@H]1CCCN1Cc1ccncc1. The number of ether oxygens (including phenoxy) is 1. The van der Waals surface area contributed by atoms with Crippen LogP contribution < -0.4 is 0 Å². The molecule has 1 aliphatic rings. The zero-order chi connectivity index (χ0) is 11.4. The lowest BCUT2D eigenvalue weighted by atomic mass is 10.2. The van der Waals surface area contributed by atoms with Crippen LogP contribution >= 0.6 is 0 Å². The molecule has 1 aliphatic heterocycles. The van der Waals surface area contributed by atoms with Gasteiger partial charge in [0.25, 0.3) is 0 Å². The smallest absolute Gasteiger partial charge is 0.323 e. The Morgan fingerprint density at radius 2 is 2.31 bits per heavy atom. The Balaban J connectivity index is 2.01. The van der Waals surface area contributed by atoms with E-state index in [0.29, 0.717) is 0 Å². The molecule has 86 valence electrons. The van der Waals surface area contributed by atoms with Crippen LogP contribution in [0.5, 0.6) is 0 Å². The first-order valence-corrected chi connectivity index (χ1v) is 5.52. The number of hydrogen-bond donors (Lipinski definition) is 0. The average molecular weight is 220 g/mol. The van der Waals surface area contributed by atoms with Crippen molar-refractivity contribution in [3.63, 3.8) is 0 Å². The number of nitrogens with zero attached hydrogens (tertiary/aromatic N) is 2. The molecule has 0 amide bonds. The largest absolute Gasteiger partial charge is 0.468 e. The highest BCUT2D eigenvalue weighted by atomic mass is 16.5. The van der Waals surface area contributed by atoms with Crippen molar-refractivity contribution in [3.8, 4) is 0 Å². The summed E-state index contributed by atoms with van der Waals surface area (Å²) < 4.78 is 4.81. The monoisotopic (exact) mass is 220 g/mol. The molecular formula is C12H16N2O2. The molecule has 16 heavy (non-hydrogen) atoms. The van der Waals surface area contributed by atoms with Gasteiger partial charge in [-0.3, -0.25) is 14.7 Å². The number of rotatable bonds is 3. The normalized spacial score (nSPS) is 20.9. The van der Waals surface area contributed by atoms with Crippen molar-refractivity contribution in [1.82, 2.24) is 9.88 Å². The van der Waals surface area contributed by atoms with Crippen LogP contribution in [0.3, 0.4) is 0 Å². The van der Waals surface area contributed by atoms with Crippen molar-refractivity contribution < 1.29 is 9.53 Å². The van der Waals surface area contributed by atoms with E-state index in [1.165, 1.54) is 12.7 Å². The van der Waals surface area contributed by atoms with Crippen LogP contribution in [0.4, 0.5) is 0 Å². The fraction of sp³-hybridized carbons (Fsp3) is 0.500. The second-order valence-corrected chi connectivity index (χ2v) is 4.01. The zero-order valence-corrected chi connectivity index (χ0v) is 9.43. The standard InChI is InChI=1S/C12H16N2O2/c1-16-12(15)11-3-2-8-14(11)9-10-4-6-13-7-5-10/h4-7,11H,2-3,8-9H2,1H3/t11-/m0/s1. The Morgan fingerprint density at radius 3 is 3.00 bits per heavy atom. The predicted molar refractivity (Wildman–Crippen MR) is 59.7 cm³/mol. The molecule has 4 nitrogen and oxygen atoms in total. The molecule has 1 aromatic rings. The van der Waals surface area contributed by atoms with Gasteiger partial charge in [0.05, 0.1) is 7.11 Å². The van der Waals surface area contributed by atoms with Gasteiger partial charge in [0.15, 0.2) is 0 Å². The maximum atomic E-state index is 11.5. The summed E-state index contributed by atoms with van der Waals surface area (Å²) in [6.45, 7) is 1.75. The van der Waals surface area contributed by atoms with Crippen LogP contribution in [0, 0.1) is 0 Å². The first-order chi connectivity index (χ1) is 7.81. The number of esters is 1. The van der Waals surface area contributed by atoms with Crippen LogP contribution in [0.25, 0.3) is 0 Å². The Bertz CT molecular complexity index is 353. The lowest BCUT2D eigenvalue weighted by Crippen LogP contribution is -2.36. The molecule has 4 heteroatoms. The molecule has 0 aromatic carbocycles. The molecule has 0 aliphatic carbocycles. The topological polar surface area (TPSA) is 42.4 Å². The third kappa shape index (κ3) is 2.39. The fourth-order valence-corrected chi connectivity index (χ4v) is 2.14. The Morgan fingerprint density at radius 1 is 1.56 bits per heavy atom. The van der Waals surface area contributed by atoms with E-state index in [1.54, 1.807) is 12.4 Å². The van der Waals surface area contributed by atoms with Crippen LogP contribution in [0.1, 0.15) is 18.4 Å². The molecule has 1 saturated heterocycles. The van der Waals surface area contributed by atoms with Crippen molar-refractivity contribution in [2.45, 2.75) is 25.4 Å². The van der Waals surface area contributed by atoms with Gasteiger partial charge in [-0.1, -0.05) is 0 Å². The van der Waals surface area contributed by atoms with Crippen LogP contribution in [0.15, 0.2) is 24.5 Å². The van der Waals surface area contributed by atoms with Gasteiger partial charge in [0.2, 0.25) is 0 Å². The first-order valence-electron chi connectivity index (χ1n) is 5.52. The van der Waals surface area contributed by atoms with Gasteiger partial charge in [-0.15, -0.1) is 0 Å². The van der Waals surface area contributed by atoms with E-state index < -0.39 is 0 Å². The molecule has 0 saturated carbocycles. The van der Waals surface area contributed by atoms with Gasteiger partial charge in [-0.05, 0) is 37.1 Å². The Hall–Kier alpha value is -1.42. The molecule has 1 aromatic heterocycles. The van der Waals surface area contributed by atoms with Crippen LogP contribution in [-0.4, -0.2) is 35.5 Å². The van der Waals surface area contributed by atoms with E-state index in [2.05, 4.69) is 9.88 Å². The number of aromatic nitrogens is 1. The van der Waals surface area contributed by atoms with E-state index in [4.69, 9.17) is 4.74 Å². The highest BCUT2D eigenvalue weighted by Gasteiger charge is 2.31. The summed E-state index contributed by atoms with van der Waals surface area (Å²) in [6, 6.07) is 3.89. The minimum Gasteiger partial charge on any atom is -0.468 e. The number of pyridine rings is 1. The molecule has 0 N–H and O–H groups in total. The summed E-state index contributed by atoms with van der Waals surface area (Å²) in [4.78, 5) is 17.7. The number of carbonyl (C=O) groups excluding carboxylic acids is 1. The third-order valence-corrected chi connectivity index (χ3v) is 2.97. The van der Waals surface area contributed by atoms with Crippen molar-refractivity contribution in [3.05, 3.63) is 30.1 Å². The van der Waals surface area contributed by atoms with Crippen molar-refractivity contribution >= 4 is 5.97 Å². The second kappa shape index (κ2) is 5.07. The van der Waals surface area contributed by atoms with Crippen LogP contribution in [-0.2, 0) is 16.1 Å². The predicted octanol–water partition coefficient (Wildman–Crippen LogP) is 1.22. The third-order valence-electron chi connectivity index (χ3n) is 2.97. The van der Waals surface area contributed by atoms with Crippen molar-refractivity contribution in [2.75, 3.05) is 13.7 Å². The highest BCUT2D eigenvalue weighted by Crippen LogP contribution is 2.20. The fourth-order valence-electron chi connectivity index (χ4n) is 2.14. The molecule has 0 bridgehead atoms. The number of hydrogen-bond acceptors (Lipinski definition) is 4. The van der Waals surface area contributed by atoms with Gasteiger partial charge in [0, 0.05) is 18.9 Å². The molecule has 0 radical (unpaired) electrons. The minimum atomic E-state index is -0.119. The summed E-state index contributed by atoms with van der Waals surface area (Å²) >= 11 is 0. The summed E-state index contributed by atoms with van der Waals surface area (Å²) in [7, 11) is 1.45. The molecule has 1 atom stereocenters. The van der Waals surface area contributed by atoms with Gasteiger partial charge in [-0.2, -0.15) is 0 Å². The van der Waals surface area contributed by atoms with Gasteiger partial charge < -0.3 is 4.74 Å². The number of carbonyl (C=O) groups is 1. The van der Waals surface area contributed by atoms with E-state index >= 15 is 0 Å². The maximum Gasteiger partial charge on any atom is 0.323 e. The molecular weight excluding hydrogens is 204 g/mol. The first kappa shape index (κ1) is 11.1.